The molecule has 1 aliphatic heterocycles. The Bertz CT molecular complexity index is 266. The number of nitrogens with one attached hydrogen (secondary N) is 2. The van der Waals surface area contributed by atoms with Crippen molar-refractivity contribution < 1.29 is 9.53 Å². The van der Waals surface area contributed by atoms with E-state index in [2.05, 4.69) is 10.6 Å². The maximum atomic E-state index is 11.9. The van der Waals surface area contributed by atoms with Crippen molar-refractivity contribution in [3.63, 3.8) is 0 Å². The van der Waals surface area contributed by atoms with Crippen molar-refractivity contribution in [2.24, 2.45) is 17.8 Å². The standard InChI is InChI=1S/C12H20N2O2/c15-12(10-4-8-3-9(8)5-10)14-7-11-6-13-1-2-16-11/h8-11,13H,1-7H2,(H,14,15). The zero-order valence-electron chi connectivity index (χ0n) is 9.58. The van der Waals surface area contributed by atoms with Gasteiger partial charge in [-0.25, -0.2) is 0 Å². The zero-order chi connectivity index (χ0) is 11.0. The highest BCUT2D eigenvalue weighted by Crippen LogP contribution is 2.54. The van der Waals surface area contributed by atoms with Crippen LogP contribution in [-0.4, -0.2) is 38.3 Å². The molecule has 1 amide bonds. The van der Waals surface area contributed by atoms with Crippen LogP contribution < -0.4 is 10.6 Å². The monoisotopic (exact) mass is 224 g/mol. The Hall–Kier alpha value is -0.610. The lowest BCUT2D eigenvalue weighted by molar-refractivity contribution is -0.125. The average molecular weight is 224 g/mol. The molecule has 3 unspecified atom stereocenters. The van der Waals surface area contributed by atoms with Gasteiger partial charge < -0.3 is 15.4 Å². The third kappa shape index (κ3) is 2.23. The van der Waals surface area contributed by atoms with Crippen molar-refractivity contribution in [3.05, 3.63) is 0 Å². The zero-order valence-corrected chi connectivity index (χ0v) is 9.58. The predicted molar refractivity (Wildman–Crippen MR) is 59.9 cm³/mol. The van der Waals surface area contributed by atoms with Gasteiger partial charge in [-0.15, -0.1) is 0 Å². The Balaban J connectivity index is 1.39. The fourth-order valence-corrected chi connectivity index (χ4v) is 3.04. The van der Waals surface area contributed by atoms with Gasteiger partial charge in [0.2, 0.25) is 5.91 Å². The summed E-state index contributed by atoms with van der Waals surface area (Å²) in [5.74, 6) is 2.30. The first-order valence-corrected chi connectivity index (χ1v) is 6.43. The molecule has 90 valence electrons. The molecule has 4 nitrogen and oxygen atoms in total. The lowest BCUT2D eigenvalue weighted by atomic mass is 10.0. The smallest absolute Gasteiger partial charge is 0.223 e. The van der Waals surface area contributed by atoms with Crippen molar-refractivity contribution in [1.82, 2.24) is 10.6 Å². The van der Waals surface area contributed by atoms with Crippen molar-refractivity contribution >= 4 is 5.91 Å². The quantitative estimate of drug-likeness (QED) is 0.717. The van der Waals surface area contributed by atoms with Gasteiger partial charge in [0.1, 0.15) is 0 Å². The van der Waals surface area contributed by atoms with Crippen LogP contribution >= 0.6 is 0 Å². The predicted octanol–water partition coefficient (Wildman–Crippen LogP) is 0.137. The van der Waals surface area contributed by atoms with E-state index in [4.69, 9.17) is 4.74 Å². The minimum atomic E-state index is 0.161. The van der Waals surface area contributed by atoms with Gasteiger partial charge in [-0.2, -0.15) is 0 Å². The van der Waals surface area contributed by atoms with Gasteiger partial charge in [0.15, 0.2) is 0 Å². The van der Waals surface area contributed by atoms with E-state index in [1.807, 2.05) is 0 Å². The van der Waals surface area contributed by atoms with Crippen molar-refractivity contribution in [1.29, 1.82) is 0 Å². The van der Waals surface area contributed by atoms with Crippen LogP contribution in [0.1, 0.15) is 19.3 Å². The number of hydrogen-bond donors (Lipinski definition) is 2. The molecule has 1 heterocycles. The van der Waals surface area contributed by atoms with Crippen molar-refractivity contribution in [2.75, 3.05) is 26.2 Å². The molecule has 3 fully saturated rings. The molecule has 2 N–H and O–H groups in total. The van der Waals surface area contributed by atoms with Crippen molar-refractivity contribution in [2.45, 2.75) is 25.4 Å². The highest BCUT2D eigenvalue weighted by Gasteiger charge is 2.47. The molecular weight excluding hydrogens is 204 g/mol. The lowest BCUT2D eigenvalue weighted by Crippen LogP contribution is -2.46. The number of rotatable bonds is 3. The van der Waals surface area contributed by atoms with Crippen LogP contribution in [0.3, 0.4) is 0 Å². The van der Waals surface area contributed by atoms with E-state index >= 15 is 0 Å². The molecule has 0 spiro atoms. The van der Waals surface area contributed by atoms with Gasteiger partial charge in [0.05, 0.1) is 12.7 Å². The molecule has 0 bridgehead atoms. The van der Waals surface area contributed by atoms with Crippen LogP contribution in [0.5, 0.6) is 0 Å². The van der Waals surface area contributed by atoms with Crippen LogP contribution in [0, 0.1) is 17.8 Å². The first-order valence-electron chi connectivity index (χ1n) is 6.43. The highest BCUT2D eigenvalue weighted by atomic mass is 16.5. The van der Waals surface area contributed by atoms with Gasteiger partial charge in [-0.3, -0.25) is 4.79 Å². The number of carbonyl (C=O) groups excluding carboxylic acids is 1. The fourth-order valence-electron chi connectivity index (χ4n) is 3.04. The van der Waals surface area contributed by atoms with E-state index in [-0.39, 0.29) is 12.0 Å². The molecule has 3 aliphatic rings. The maximum Gasteiger partial charge on any atom is 0.223 e. The molecule has 0 aromatic heterocycles. The molecule has 3 rings (SSSR count). The van der Waals surface area contributed by atoms with E-state index in [1.165, 1.54) is 6.42 Å². The molecule has 2 aliphatic carbocycles. The summed E-state index contributed by atoms with van der Waals surface area (Å²) >= 11 is 0. The van der Waals surface area contributed by atoms with E-state index in [1.54, 1.807) is 0 Å². The summed E-state index contributed by atoms with van der Waals surface area (Å²) in [5, 5.41) is 6.30. The summed E-state index contributed by atoms with van der Waals surface area (Å²) < 4.78 is 5.54. The molecule has 3 atom stereocenters. The second kappa shape index (κ2) is 4.34. The number of fused-ring (bicyclic) bond motifs is 1. The van der Waals surface area contributed by atoms with Crippen LogP contribution in [0.2, 0.25) is 0 Å². The summed E-state index contributed by atoms with van der Waals surface area (Å²) in [4.78, 5) is 11.9. The molecule has 2 saturated carbocycles. The van der Waals surface area contributed by atoms with Crippen LogP contribution in [0.4, 0.5) is 0 Å². The fraction of sp³-hybridized carbons (Fsp3) is 0.917. The average Bonchev–Trinajstić information content (AvgIpc) is 2.94. The molecular formula is C12H20N2O2. The van der Waals surface area contributed by atoms with E-state index in [0.717, 1.165) is 44.4 Å². The number of morpholine rings is 1. The topological polar surface area (TPSA) is 50.4 Å². The van der Waals surface area contributed by atoms with Gasteiger partial charge >= 0.3 is 0 Å². The van der Waals surface area contributed by atoms with Gasteiger partial charge in [0.25, 0.3) is 0 Å². The summed E-state index contributed by atoms with van der Waals surface area (Å²) in [5.41, 5.74) is 0. The summed E-state index contributed by atoms with van der Waals surface area (Å²) in [7, 11) is 0. The first-order chi connectivity index (χ1) is 7.83. The van der Waals surface area contributed by atoms with Crippen molar-refractivity contribution in [3.8, 4) is 0 Å². The number of carbonyl (C=O) groups is 1. The van der Waals surface area contributed by atoms with E-state index in [0.29, 0.717) is 12.5 Å². The number of hydrogen-bond acceptors (Lipinski definition) is 3. The maximum absolute atomic E-state index is 11.9. The minimum absolute atomic E-state index is 0.161. The number of ether oxygens (including phenoxy) is 1. The minimum Gasteiger partial charge on any atom is -0.374 e. The molecule has 16 heavy (non-hydrogen) atoms. The Kier molecular flexibility index (Phi) is 2.86. The Morgan fingerprint density at radius 1 is 1.31 bits per heavy atom. The molecule has 0 radical (unpaired) electrons. The second-order valence-corrected chi connectivity index (χ2v) is 5.37. The molecule has 1 saturated heterocycles. The summed E-state index contributed by atoms with van der Waals surface area (Å²) in [6, 6.07) is 0. The van der Waals surface area contributed by atoms with Gasteiger partial charge in [0, 0.05) is 25.6 Å². The third-order valence-corrected chi connectivity index (χ3v) is 4.12. The van der Waals surface area contributed by atoms with E-state index in [9.17, 15) is 4.79 Å². The van der Waals surface area contributed by atoms with E-state index < -0.39 is 0 Å². The SMILES string of the molecule is O=C(NCC1CNCCO1)C1CC2CC2C1. The highest BCUT2D eigenvalue weighted by molar-refractivity contribution is 5.79. The second-order valence-electron chi connectivity index (χ2n) is 5.37. The lowest BCUT2D eigenvalue weighted by Gasteiger charge is -2.24. The van der Waals surface area contributed by atoms with Crippen LogP contribution in [-0.2, 0) is 9.53 Å². The first kappa shape index (κ1) is 10.5. The molecule has 0 aromatic carbocycles. The Labute approximate surface area is 96.1 Å². The Morgan fingerprint density at radius 3 is 2.81 bits per heavy atom. The molecule has 0 aromatic rings. The van der Waals surface area contributed by atoms with Crippen LogP contribution in [0.25, 0.3) is 0 Å². The Morgan fingerprint density at radius 2 is 2.12 bits per heavy atom. The number of amides is 1. The van der Waals surface area contributed by atoms with Gasteiger partial charge in [-0.05, 0) is 31.1 Å². The third-order valence-electron chi connectivity index (χ3n) is 4.12. The van der Waals surface area contributed by atoms with Crippen LogP contribution in [0.15, 0.2) is 0 Å². The summed E-state index contributed by atoms with van der Waals surface area (Å²) in [6.07, 6.45) is 3.79. The summed E-state index contributed by atoms with van der Waals surface area (Å²) in [6.45, 7) is 3.21. The largest absolute Gasteiger partial charge is 0.374 e. The molecule has 4 heteroatoms. The van der Waals surface area contributed by atoms with Gasteiger partial charge in [-0.1, -0.05) is 0 Å². The normalized spacial score (nSPS) is 41.5.